The van der Waals surface area contributed by atoms with Crippen LogP contribution in [0.2, 0.25) is 5.15 Å². The van der Waals surface area contributed by atoms with Crippen molar-refractivity contribution in [1.29, 1.82) is 0 Å². The van der Waals surface area contributed by atoms with Crippen molar-refractivity contribution in [3.63, 3.8) is 0 Å². The largest absolute Gasteiger partial charge is 0.368 e. The fraction of sp³-hybridized carbons (Fsp3) is 0.600. The van der Waals surface area contributed by atoms with Crippen LogP contribution in [0.25, 0.3) is 22.3 Å². The van der Waals surface area contributed by atoms with Crippen molar-refractivity contribution < 1.29 is 18.9 Å². The van der Waals surface area contributed by atoms with E-state index in [9.17, 15) is 0 Å². The van der Waals surface area contributed by atoms with Gasteiger partial charge in [-0.15, -0.1) is 0 Å². The van der Waals surface area contributed by atoms with Gasteiger partial charge in [0.05, 0.1) is 25.9 Å². The lowest BCUT2D eigenvalue weighted by Crippen LogP contribution is -2.17. The average molecular weight is 588 g/mol. The molecule has 0 aromatic carbocycles. The smallest absolute Gasteiger partial charge is 0.224 e. The van der Waals surface area contributed by atoms with Crippen molar-refractivity contribution in [2.75, 3.05) is 30.0 Å². The minimum atomic E-state index is -0.259. The minimum Gasteiger partial charge on any atom is -0.368 e. The fourth-order valence-electron chi connectivity index (χ4n) is 5.22. The number of aromatic nitrogens is 8. The van der Waals surface area contributed by atoms with Crippen LogP contribution < -0.4 is 16.8 Å². The Hall–Kier alpha value is -3.37. The van der Waals surface area contributed by atoms with Gasteiger partial charge in [0.1, 0.15) is 5.52 Å². The first-order valence-electron chi connectivity index (χ1n) is 13.9. The molecule has 3 fully saturated rings. The van der Waals surface area contributed by atoms with Gasteiger partial charge in [-0.25, -0.2) is 9.97 Å². The molecule has 0 radical (unpaired) electrons. The summed E-state index contributed by atoms with van der Waals surface area (Å²) < 4.78 is 26.3. The molecule has 2 aliphatic heterocycles. The van der Waals surface area contributed by atoms with E-state index in [-0.39, 0.29) is 42.1 Å². The van der Waals surface area contributed by atoms with Gasteiger partial charge in [0, 0.05) is 6.04 Å². The van der Waals surface area contributed by atoms with Gasteiger partial charge in [-0.05, 0) is 25.7 Å². The van der Waals surface area contributed by atoms with Crippen LogP contribution in [0.5, 0.6) is 0 Å². The average Bonchev–Trinajstić information content (AvgIpc) is 3.78. The topological polar surface area (TPSA) is 188 Å². The zero-order valence-electron chi connectivity index (χ0n) is 22.9. The second-order valence-corrected chi connectivity index (χ2v) is 10.5. The Bertz CT molecular complexity index is 1510. The second kappa shape index (κ2) is 11.9. The van der Waals surface area contributed by atoms with Crippen LogP contribution in [0.15, 0.2) is 12.7 Å². The van der Waals surface area contributed by atoms with E-state index in [0.29, 0.717) is 41.9 Å². The molecule has 41 heavy (non-hydrogen) atoms. The van der Waals surface area contributed by atoms with E-state index in [4.69, 9.17) is 42.0 Å². The standard InChI is InChI=1S/C15H22N6O2.C10H12ClN5O2/c1-2-11-22-7-10(23-11)21-8-17-12-13(18-9-5-3-4-6-9)19-15(16)20-14(12)21;1-2-6-17-3-5(18-6)16-4-13-7-8(11)14-10(12)15-9(7)16/h8-11H,2-7H2,1H3,(H3,16,18,19,20);4-6H,2-3H2,1H3,(H2,12,14,15)/t10-,11-;5-,6-/m11/s1. The monoisotopic (exact) mass is 587 g/mol. The lowest BCUT2D eigenvalue weighted by Gasteiger charge is -2.14. The molecular weight excluding hydrogens is 554 g/mol. The number of imidazole rings is 2. The number of fused-ring (bicyclic) bond motifs is 2. The molecule has 3 aliphatic rings. The molecule has 1 saturated carbocycles. The predicted molar refractivity (Wildman–Crippen MR) is 151 cm³/mol. The molecule has 7 rings (SSSR count). The summed E-state index contributed by atoms with van der Waals surface area (Å²) in [6.45, 7) is 4.96. The molecule has 0 spiro atoms. The Morgan fingerprint density at radius 3 is 1.93 bits per heavy atom. The molecule has 4 aromatic heterocycles. The number of anilines is 3. The maximum atomic E-state index is 5.96. The zero-order valence-corrected chi connectivity index (χ0v) is 23.7. The van der Waals surface area contributed by atoms with Crippen LogP contribution in [-0.4, -0.2) is 70.9 Å². The van der Waals surface area contributed by atoms with Crippen LogP contribution in [-0.2, 0) is 18.9 Å². The zero-order chi connectivity index (χ0) is 28.5. The van der Waals surface area contributed by atoms with E-state index < -0.39 is 0 Å². The van der Waals surface area contributed by atoms with E-state index in [1.165, 1.54) is 12.8 Å². The summed E-state index contributed by atoms with van der Waals surface area (Å²) in [6.07, 6.45) is 8.91. The summed E-state index contributed by atoms with van der Waals surface area (Å²) in [6, 6.07) is 0.438. The normalized spacial score (nSPS) is 24.8. The molecule has 2 saturated heterocycles. The maximum Gasteiger partial charge on any atom is 0.224 e. The Labute approximate surface area is 240 Å². The molecule has 1 aliphatic carbocycles. The number of rotatable bonds is 6. The first kappa shape index (κ1) is 27.8. The number of nitrogens with one attached hydrogen (secondary N) is 1. The molecule has 0 bridgehead atoms. The molecule has 16 heteroatoms. The molecule has 4 atom stereocenters. The summed E-state index contributed by atoms with van der Waals surface area (Å²) in [5.74, 6) is 1.06. The molecule has 220 valence electrons. The van der Waals surface area contributed by atoms with Gasteiger partial charge < -0.3 is 35.7 Å². The highest BCUT2D eigenvalue weighted by Crippen LogP contribution is 2.30. The highest BCUT2D eigenvalue weighted by molar-refractivity contribution is 6.33. The third kappa shape index (κ3) is 5.72. The summed E-state index contributed by atoms with van der Waals surface area (Å²) in [7, 11) is 0. The maximum absolute atomic E-state index is 5.96. The van der Waals surface area contributed by atoms with Crippen molar-refractivity contribution in [2.24, 2.45) is 0 Å². The van der Waals surface area contributed by atoms with E-state index in [1.807, 2.05) is 18.4 Å². The lowest BCUT2D eigenvalue weighted by molar-refractivity contribution is -0.0718. The number of nitrogens with two attached hydrogens (primary N) is 2. The SMILES string of the molecule is CC[C@@H]1OC[C@H](n2cnc3c(Cl)nc(N)nc32)O1.CC[C@@H]1OC[C@H](n2cnc3c(NC4CCCC4)nc(N)nc32)O1. The van der Waals surface area contributed by atoms with Crippen molar-refractivity contribution >= 4 is 51.6 Å². The first-order valence-corrected chi connectivity index (χ1v) is 14.3. The van der Waals surface area contributed by atoms with E-state index in [2.05, 4.69) is 35.2 Å². The molecule has 0 amide bonds. The third-order valence-corrected chi connectivity index (χ3v) is 7.55. The van der Waals surface area contributed by atoms with Crippen LogP contribution >= 0.6 is 11.6 Å². The van der Waals surface area contributed by atoms with Crippen molar-refractivity contribution in [2.45, 2.75) is 83.5 Å². The van der Waals surface area contributed by atoms with Crippen molar-refractivity contribution in [1.82, 2.24) is 39.0 Å². The number of halogens is 1. The molecule has 0 unspecified atom stereocenters. The molecular formula is C25H34ClN11O4. The van der Waals surface area contributed by atoms with Crippen LogP contribution in [0.1, 0.15) is 64.8 Å². The number of hydrogen-bond donors (Lipinski definition) is 3. The second-order valence-electron chi connectivity index (χ2n) is 10.1. The van der Waals surface area contributed by atoms with Gasteiger partial charge in [-0.3, -0.25) is 9.13 Å². The van der Waals surface area contributed by atoms with Crippen LogP contribution in [0, 0.1) is 0 Å². The Balaban J connectivity index is 0.000000152. The summed E-state index contributed by atoms with van der Waals surface area (Å²) in [4.78, 5) is 25.3. The van der Waals surface area contributed by atoms with Gasteiger partial charge in [-0.1, -0.05) is 38.3 Å². The van der Waals surface area contributed by atoms with E-state index >= 15 is 0 Å². The molecule has 4 aromatic rings. The van der Waals surface area contributed by atoms with Gasteiger partial charge in [0.2, 0.25) is 11.9 Å². The predicted octanol–water partition coefficient (Wildman–Crippen LogP) is 3.39. The lowest BCUT2D eigenvalue weighted by atomic mass is 10.2. The van der Waals surface area contributed by atoms with Gasteiger partial charge in [0.25, 0.3) is 0 Å². The van der Waals surface area contributed by atoms with E-state index in [1.54, 1.807) is 17.2 Å². The molecule has 6 heterocycles. The number of hydrogen-bond acceptors (Lipinski definition) is 13. The Kier molecular flexibility index (Phi) is 8.03. The summed E-state index contributed by atoms with van der Waals surface area (Å²) in [5, 5.41) is 3.71. The highest BCUT2D eigenvalue weighted by Gasteiger charge is 2.29. The first-order chi connectivity index (χ1) is 19.9. The summed E-state index contributed by atoms with van der Waals surface area (Å²) in [5.41, 5.74) is 14.0. The minimum absolute atomic E-state index is 0.111. The van der Waals surface area contributed by atoms with Crippen molar-refractivity contribution in [3.8, 4) is 0 Å². The van der Waals surface area contributed by atoms with Gasteiger partial charge in [0.15, 0.2) is 52.8 Å². The Morgan fingerprint density at radius 2 is 1.37 bits per heavy atom. The van der Waals surface area contributed by atoms with Crippen LogP contribution in [0.4, 0.5) is 17.7 Å². The highest BCUT2D eigenvalue weighted by atomic mass is 35.5. The Morgan fingerprint density at radius 1 is 0.829 bits per heavy atom. The van der Waals surface area contributed by atoms with Crippen LogP contribution in [0.3, 0.4) is 0 Å². The van der Waals surface area contributed by atoms with Crippen molar-refractivity contribution in [3.05, 3.63) is 17.8 Å². The number of nitrogens with zero attached hydrogens (tertiary/aromatic N) is 8. The fourth-order valence-corrected chi connectivity index (χ4v) is 5.44. The molecule has 15 nitrogen and oxygen atoms in total. The van der Waals surface area contributed by atoms with Gasteiger partial charge in [-0.2, -0.15) is 19.9 Å². The van der Waals surface area contributed by atoms with Gasteiger partial charge >= 0.3 is 0 Å². The summed E-state index contributed by atoms with van der Waals surface area (Å²) >= 11 is 5.96. The molecule has 5 N–H and O–H groups in total. The number of ether oxygens (including phenoxy) is 4. The van der Waals surface area contributed by atoms with E-state index in [0.717, 1.165) is 31.2 Å². The number of nitrogen functional groups attached to an aromatic ring is 2. The quantitative estimate of drug-likeness (QED) is 0.279. The third-order valence-electron chi connectivity index (χ3n) is 7.29.